The van der Waals surface area contributed by atoms with E-state index in [1.807, 2.05) is 0 Å². The summed E-state index contributed by atoms with van der Waals surface area (Å²) in [6, 6.07) is 10.9. The molecular weight excluding hydrogens is 228 g/mol. The van der Waals surface area contributed by atoms with Crippen molar-refractivity contribution in [3.63, 3.8) is 0 Å². The van der Waals surface area contributed by atoms with E-state index in [1.165, 1.54) is 15.6 Å². The lowest BCUT2D eigenvalue weighted by molar-refractivity contribution is 0.560. The summed E-state index contributed by atoms with van der Waals surface area (Å²) < 4.78 is 1.34. The minimum Gasteiger partial charge on any atom is -0.311 e. The Morgan fingerprint density at radius 3 is 2.94 bits per heavy atom. The van der Waals surface area contributed by atoms with Crippen molar-refractivity contribution >= 4 is 21.4 Å². The van der Waals surface area contributed by atoms with Crippen molar-refractivity contribution in [3.05, 3.63) is 35.2 Å². The Morgan fingerprint density at radius 2 is 2.18 bits per heavy atom. The molecule has 17 heavy (non-hydrogen) atoms. The van der Waals surface area contributed by atoms with Crippen LogP contribution in [0.15, 0.2) is 29.6 Å². The van der Waals surface area contributed by atoms with Gasteiger partial charge in [0.2, 0.25) is 0 Å². The highest BCUT2D eigenvalue weighted by Gasteiger charge is 2.42. The van der Waals surface area contributed by atoms with Crippen LogP contribution in [-0.2, 0) is 6.54 Å². The Balaban J connectivity index is 1.67. The zero-order valence-electron chi connectivity index (χ0n) is 9.57. The molecule has 3 heteroatoms. The first-order valence-electron chi connectivity index (χ1n) is 5.90. The van der Waals surface area contributed by atoms with Crippen LogP contribution in [0.4, 0.5) is 0 Å². The van der Waals surface area contributed by atoms with E-state index in [0.29, 0.717) is 0 Å². The second kappa shape index (κ2) is 4.14. The molecule has 2 nitrogen and oxygen atoms in total. The van der Waals surface area contributed by atoms with Crippen molar-refractivity contribution in [2.45, 2.75) is 19.4 Å². The van der Waals surface area contributed by atoms with Gasteiger partial charge in [0.1, 0.15) is 0 Å². The predicted octanol–water partition coefficient (Wildman–Crippen LogP) is 3.29. The third kappa shape index (κ3) is 2.06. The first-order chi connectivity index (χ1) is 8.33. The van der Waals surface area contributed by atoms with Gasteiger partial charge in [-0.1, -0.05) is 18.2 Å². The highest BCUT2D eigenvalue weighted by Crippen LogP contribution is 2.44. The maximum atomic E-state index is 9.00. The summed E-state index contributed by atoms with van der Waals surface area (Å²) >= 11 is 1.79. The van der Waals surface area contributed by atoms with E-state index in [-0.39, 0.29) is 5.41 Å². The molecule has 1 heterocycles. The summed E-state index contributed by atoms with van der Waals surface area (Å²) in [5.74, 6) is 0. The normalized spacial score (nSPS) is 16.9. The SMILES string of the molecule is N#CC1(CNCc2csc3ccccc23)CC1. The van der Waals surface area contributed by atoms with Crippen molar-refractivity contribution in [2.24, 2.45) is 5.41 Å². The largest absolute Gasteiger partial charge is 0.311 e. The topological polar surface area (TPSA) is 35.8 Å². The molecule has 1 aliphatic rings. The van der Waals surface area contributed by atoms with Crippen LogP contribution < -0.4 is 5.32 Å². The molecule has 0 aliphatic heterocycles. The lowest BCUT2D eigenvalue weighted by Gasteiger charge is -2.07. The first kappa shape index (κ1) is 10.8. The van der Waals surface area contributed by atoms with Gasteiger partial charge in [0.05, 0.1) is 11.5 Å². The number of hydrogen-bond donors (Lipinski definition) is 1. The Bertz CT molecular complexity index is 575. The van der Waals surface area contributed by atoms with Crippen LogP contribution in [0.1, 0.15) is 18.4 Å². The van der Waals surface area contributed by atoms with Crippen molar-refractivity contribution < 1.29 is 0 Å². The molecule has 0 spiro atoms. The number of benzene rings is 1. The van der Waals surface area contributed by atoms with E-state index in [1.54, 1.807) is 11.3 Å². The fourth-order valence-corrected chi connectivity index (χ4v) is 3.05. The van der Waals surface area contributed by atoms with Crippen LogP contribution in [0, 0.1) is 16.7 Å². The summed E-state index contributed by atoms with van der Waals surface area (Å²) in [6.07, 6.45) is 2.11. The fourth-order valence-electron chi connectivity index (χ4n) is 2.09. The molecule has 86 valence electrons. The minimum atomic E-state index is -0.0498. The van der Waals surface area contributed by atoms with Crippen molar-refractivity contribution in [2.75, 3.05) is 6.54 Å². The van der Waals surface area contributed by atoms with E-state index >= 15 is 0 Å². The van der Waals surface area contributed by atoms with Gasteiger partial charge < -0.3 is 5.32 Å². The molecule has 1 fully saturated rings. The molecule has 3 rings (SSSR count). The van der Waals surface area contributed by atoms with Crippen LogP contribution in [0.25, 0.3) is 10.1 Å². The number of rotatable bonds is 4. The second-order valence-electron chi connectivity index (χ2n) is 4.75. The third-order valence-corrected chi connectivity index (χ3v) is 4.44. The number of fused-ring (bicyclic) bond motifs is 1. The zero-order valence-corrected chi connectivity index (χ0v) is 10.4. The van der Waals surface area contributed by atoms with Gasteiger partial charge in [0.25, 0.3) is 0 Å². The van der Waals surface area contributed by atoms with Crippen molar-refractivity contribution in [1.29, 1.82) is 5.26 Å². The van der Waals surface area contributed by atoms with Gasteiger partial charge in [0.15, 0.2) is 0 Å². The number of nitriles is 1. The molecule has 0 atom stereocenters. The second-order valence-corrected chi connectivity index (χ2v) is 5.66. The number of thiophene rings is 1. The van der Waals surface area contributed by atoms with E-state index in [9.17, 15) is 0 Å². The van der Waals surface area contributed by atoms with Gasteiger partial charge in [-0.3, -0.25) is 0 Å². The summed E-state index contributed by atoms with van der Waals surface area (Å²) in [5.41, 5.74) is 1.30. The summed E-state index contributed by atoms with van der Waals surface area (Å²) in [7, 11) is 0. The fraction of sp³-hybridized carbons (Fsp3) is 0.357. The minimum absolute atomic E-state index is 0.0498. The molecule has 2 aromatic rings. The highest BCUT2D eigenvalue weighted by atomic mass is 32.1. The zero-order chi connectivity index (χ0) is 11.7. The van der Waals surface area contributed by atoms with E-state index in [4.69, 9.17) is 5.26 Å². The van der Waals surface area contributed by atoms with Crippen LogP contribution in [-0.4, -0.2) is 6.54 Å². The number of hydrogen-bond acceptors (Lipinski definition) is 3. The van der Waals surface area contributed by atoms with Crippen LogP contribution >= 0.6 is 11.3 Å². The van der Waals surface area contributed by atoms with Gasteiger partial charge in [-0.2, -0.15) is 5.26 Å². The first-order valence-corrected chi connectivity index (χ1v) is 6.78. The quantitative estimate of drug-likeness (QED) is 0.893. The van der Waals surface area contributed by atoms with Gasteiger partial charge in [-0.05, 0) is 35.2 Å². The Labute approximate surface area is 105 Å². The van der Waals surface area contributed by atoms with Crippen LogP contribution in [0.5, 0.6) is 0 Å². The molecule has 0 bridgehead atoms. The molecule has 0 saturated heterocycles. The van der Waals surface area contributed by atoms with Crippen LogP contribution in [0.2, 0.25) is 0 Å². The summed E-state index contributed by atoms with van der Waals surface area (Å²) in [4.78, 5) is 0. The van der Waals surface area contributed by atoms with Gasteiger partial charge in [-0.15, -0.1) is 11.3 Å². The highest BCUT2D eigenvalue weighted by molar-refractivity contribution is 7.17. The standard InChI is InChI=1S/C14H14N2S/c15-9-14(5-6-14)10-16-7-11-8-17-13-4-2-1-3-12(11)13/h1-4,8,16H,5-7,10H2. The number of nitrogens with one attached hydrogen (secondary N) is 1. The van der Waals surface area contributed by atoms with Gasteiger partial charge in [-0.25, -0.2) is 0 Å². The maximum Gasteiger partial charge on any atom is 0.0703 e. The van der Waals surface area contributed by atoms with E-state index < -0.39 is 0 Å². The average Bonchev–Trinajstić information content (AvgIpc) is 3.04. The number of nitrogens with zero attached hydrogens (tertiary/aromatic N) is 1. The molecule has 0 radical (unpaired) electrons. The molecule has 1 saturated carbocycles. The smallest absolute Gasteiger partial charge is 0.0703 e. The monoisotopic (exact) mass is 242 g/mol. The third-order valence-electron chi connectivity index (χ3n) is 3.43. The lowest BCUT2D eigenvalue weighted by Crippen LogP contribution is -2.22. The molecule has 1 aromatic heterocycles. The van der Waals surface area contributed by atoms with E-state index in [0.717, 1.165) is 25.9 Å². The Kier molecular flexibility index (Phi) is 2.62. The maximum absolute atomic E-state index is 9.00. The predicted molar refractivity (Wildman–Crippen MR) is 70.8 cm³/mol. The Morgan fingerprint density at radius 1 is 1.35 bits per heavy atom. The Hall–Kier alpha value is -1.37. The molecular formula is C14H14N2S. The average molecular weight is 242 g/mol. The molecule has 1 aliphatic carbocycles. The van der Waals surface area contributed by atoms with Crippen molar-refractivity contribution in [3.8, 4) is 6.07 Å². The molecule has 1 aromatic carbocycles. The van der Waals surface area contributed by atoms with Crippen LogP contribution in [0.3, 0.4) is 0 Å². The molecule has 0 amide bonds. The van der Waals surface area contributed by atoms with Crippen molar-refractivity contribution in [1.82, 2.24) is 5.32 Å². The lowest BCUT2D eigenvalue weighted by atomic mass is 10.1. The van der Waals surface area contributed by atoms with Gasteiger partial charge in [0, 0.05) is 17.8 Å². The molecule has 1 N–H and O–H groups in total. The van der Waals surface area contributed by atoms with Gasteiger partial charge >= 0.3 is 0 Å². The molecule has 0 unspecified atom stereocenters. The van der Waals surface area contributed by atoms with E-state index in [2.05, 4.69) is 41.0 Å². The summed E-state index contributed by atoms with van der Waals surface area (Å²) in [5, 5.41) is 16.0. The summed E-state index contributed by atoms with van der Waals surface area (Å²) in [6.45, 7) is 1.70.